The molecule has 2 heterocycles. The molecule has 2 rings (SSSR count). The van der Waals surface area contributed by atoms with Crippen LogP contribution in [0.2, 0.25) is 0 Å². The van der Waals surface area contributed by atoms with Gasteiger partial charge in [-0.1, -0.05) is 0 Å². The Morgan fingerprint density at radius 3 is 2.73 bits per heavy atom. The lowest BCUT2D eigenvalue weighted by atomic mass is 10.3. The zero-order chi connectivity index (χ0) is 10.8. The maximum absolute atomic E-state index is 5.54. The zero-order valence-electron chi connectivity index (χ0n) is 8.70. The zero-order valence-corrected chi connectivity index (χ0v) is 10.3. The van der Waals surface area contributed by atoms with Gasteiger partial charge in [-0.15, -0.1) is 11.3 Å². The Morgan fingerprint density at radius 2 is 2.20 bits per heavy atom. The van der Waals surface area contributed by atoms with Gasteiger partial charge in [0.25, 0.3) is 0 Å². The first-order valence-corrected chi connectivity index (χ1v) is 6.26. The topological polar surface area (TPSA) is 50.9 Å². The van der Waals surface area contributed by atoms with Gasteiger partial charge in [0.05, 0.1) is 6.54 Å². The molecule has 0 amide bonds. The number of nitrogens with one attached hydrogen (secondary N) is 1. The Morgan fingerprint density at radius 1 is 1.40 bits per heavy atom. The summed E-state index contributed by atoms with van der Waals surface area (Å²) in [6, 6.07) is 4.08. The minimum atomic E-state index is 0.584. The van der Waals surface area contributed by atoms with Crippen molar-refractivity contribution in [3.05, 3.63) is 27.5 Å². The number of hydrogen-bond acceptors (Lipinski definition) is 5. The maximum atomic E-state index is 5.54. The van der Waals surface area contributed by atoms with E-state index < -0.39 is 0 Å². The molecule has 0 radical (unpaired) electrons. The summed E-state index contributed by atoms with van der Waals surface area (Å²) in [5, 5.41) is 4.33. The molecule has 0 aliphatic carbocycles. The van der Waals surface area contributed by atoms with Gasteiger partial charge in [0.1, 0.15) is 10.8 Å². The molecule has 5 heteroatoms. The van der Waals surface area contributed by atoms with Gasteiger partial charge < -0.3 is 11.1 Å². The van der Waals surface area contributed by atoms with E-state index in [-0.39, 0.29) is 0 Å². The van der Waals surface area contributed by atoms with E-state index in [0.29, 0.717) is 5.82 Å². The fraction of sp³-hybridized carbons (Fsp3) is 0.300. The molecule has 0 saturated heterocycles. The summed E-state index contributed by atoms with van der Waals surface area (Å²) in [5.41, 5.74) is 6.90. The Balaban J connectivity index is 1.99. The molecule has 0 saturated carbocycles. The quantitative estimate of drug-likeness (QED) is 0.865. The molecule has 0 bridgehead atoms. The van der Waals surface area contributed by atoms with Gasteiger partial charge in [-0.3, -0.25) is 0 Å². The van der Waals surface area contributed by atoms with E-state index in [1.54, 1.807) is 0 Å². The number of rotatable bonds is 3. The summed E-state index contributed by atoms with van der Waals surface area (Å²) in [6.45, 7) is 5.13. The van der Waals surface area contributed by atoms with E-state index in [4.69, 9.17) is 5.73 Å². The fourth-order valence-corrected chi connectivity index (χ4v) is 2.84. The van der Waals surface area contributed by atoms with Gasteiger partial charge in [-0.2, -0.15) is 4.37 Å². The summed E-state index contributed by atoms with van der Waals surface area (Å²) in [5.74, 6) is 0.584. The lowest BCUT2D eigenvalue weighted by Crippen LogP contribution is -1.94. The summed E-state index contributed by atoms with van der Waals surface area (Å²) >= 11 is 3.23. The highest BCUT2D eigenvalue weighted by atomic mass is 32.1. The first-order chi connectivity index (χ1) is 7.15. The van der Waals surface area contributed by atoms with Crippen LogP contribution in [0.4, 0.5) is 10.8 Å². The largest absolute Gasteiger partial charge is 0.383 e. The van der Waals surface area contributed by atoms with Gasteiger partial charge in [-0.25, -0.2) is 0 Å². The average molecular weight is 239 g/mol. The number of aromatic nitrogens is 1. The predicted molar refractivity (Wildman–Crippen MR) is 67.6 cm³/mol. The third-order valence-corrected chi connectivity index (χ3v) is 4.10. The highest BCUT2D eigenvalue weighted by molar-refractivity contribution is 7.12. The summed E-state index contributed by atoms with van der Waals surface area (Å²) in [4.78, 5) is 2.73. The van der Waals surface area contributed by atoms with Gasteiger partial charge in [-0.05, 0) is 37.0 Å². The van der Waals surface area contributed by atoms with Crippen LogP contribution in [0.5, 0.6) is 0 Å². The number of nitrogens with zero attached hydrogens (tertiary/aromatic N) is 1. The van der Waals surface area contributed by atoms with Gasteiger partial charge in [0.2, 0.25) is 0 Å². The smallest absolute Gasteiger partial charge is 0.139 e. The molecule has 80 valence electrons. The van der Waals surface area contributed by atoms with E-state index in [1.807, 2.05) is 17.4 Å². The molecular formula is C10H13N3S2. The van der Waals surface area contributed by atoms with E-state index in [0.717, 1.165) is 11.5 Å². The number of nitrogens with two attached hydrogens (primary N) is 1. The minimum Gasteiger partial charge on any atom is -0.383 e. The van der Waals surface area contributed by atoms with Crippen molar-refractivity contribution >= 4 is 33.7 Å². The molecule has 2 aromatic rings. The third-order valence-electron chi connectivity index (χ3n) is 2.18. The van der Waals surface area contributed by atoms with Crippen molar-refractivity contribution in [2.75, 3.05) is 11.1 Å². The van der Waals surface area contributed by atoms with Crippen LogP contribution < -0.4 is 11.1 Å². The lowest BCUT2D eigenvalue weighted by molar-refractivity contribution is 1.20. The highest BCUT2D eigenvalue weighted by Crippen LogP contribution is 2.23. The van der Waals surface area contributed by atoms with Gasteiger partial charge >= 0.3 is 0 Å². The molecule has 0 aliphatic heterocycles. The van der Waals surface area contributed by atoms with E-state index in [1.165, 1.54) is 26.9 Å². The fourth-order valence-electron chi connectivity index (χ4n) is 1.28. The second kappa shape index (κ2) is 4.20. The van der Waals surface area contributed by atoms with Crippen LogP contribution in [-0.4, -0.2) is 4.37 Å². The molecule has 0 spiro atoms. The van der Waals surface area contributed by atoms with Crippen molar-refractivity contribution in [2.24, 2.45) is 0 Å². The molecule has 3 N–H and O–H groups in total. The van der Waals surface area contributed by atoms with Crippen molar-refractivity contribution in [3.63, 3.8) is 0 Å². The first-order valence-electron chi connectivity index (χ1n) is 4.67. The SMILES string of the molecule is Cc1cc(CNc2cc(N)ns2)sc1C. The number of thiophene rings is 1. The highest BCUT2D eigenvalue weighted by Gasteiger charge is 2.02. The molecule has 0 atom stereocenters. The monoisotopic (exact) mass is 239 g/mol. The van der Waals surface area contributed by atoms with Crippen LogP contribution in [0.25, 0.3) is 0 Å². The summed E-state index contributed by atoms with van der Waals surface area (Å²) in [6.07, 6.45) is 0. The third kappa shape index (κ3) is 2.49. The lowest BCUT2D eigenvalue weighted by Gasteiger charge is -1.98. The van der Waals surface area contributed by atoms with Crippen molar-refractivity contribution in [1.29, 1.82) is 0 Å². The van der Waals surface area contributed by atoms with Crippen LogP contribution in [0, 0.1) is 13.8 Å². The molecule has 0 fully saturated rings. The Kier molecular flexibility index (Phi) is 2.93. The standard InChI is InChI=1S/C10H13N3S2/c1-6-3-8(14-7(6)2)5-12-10-4-9(11)13-15-10/h3-4,12H,5H2,1-2H3,(H2,11,13). The second-order valence-corrected chi connectivity index (χ2v) is 5.57. The first kappa shape index (κ1) is 10.4. The van der Waals surface area contributed by atoms with Gasteiger partial charge in [0.15, 0.2) is 0 Å². The van der Waals surface area contributed by atoms with Crippen LogP contribution in [-0.2, 0) is 6.54 Å². The Hall–Kier alpha value is -1.07. The Bertz CT molecular complexity index is 439. The van der Waals surface area contributed by atoms with Crippen LogP contribution >= 0.6 is 22.9 Å². The number of nitrogen functional groups attached to an aromatic ring is 1. The number of anilines is 2. The summed E-state index contributed by atoms with van der Waals surface area (Å²) < 4.78 is 4.01. The number of hydrogen-bond donors (Lipinski definition) is 2. The van der Waals surface area contributed by atoms with Crippen molar-refractivity contribution in [3.8, 4) is 0 Å². The maximum Gasteiger partial charge on any atom is 0.139 e. The Labute approximate surface area is 97.1 Å². The molecule has 2 aromatic heterocycles. The van der Waals surface area contributed by atoms with Crippen LogP contribution in [0.1, 0.15) is 15.3 Å². The van der Waals surface area contributed by atoms with Crippen molar-refractivity contribution in [2.45, 2.75) is 20.4 Å². The molecule has 3 nitrogen and oxygen atoms in total. The van der Waals surface area contributed by atoms with Crippen molar-refractivity contribution < 1.29 is 0 Å². The molecule has 0 aliphatic rings. The molecule has 15 heavy (non-hydrogen) atoms. The average Bonchev–Trinajstić information content (AvgIpc) is 2.72. The molecule has 0 unspecified atom stereocenters. The number of aryl methyl sites for hydroxylation is 2. The van der Waals surface area contributed by atoms with E-state index in [2.05, 4.69) is 29.6 Å². The van der Waals surface area contributed by atoms with E-state index in [9.17, 15) is 0 Å². The minimum absolute atomic E-state index is 0.584. The van der Waals surface area contributed by atoms with Crippen LogP contribution in [0.15, 0.2) is 12.1 Å². The summed E-state index contributed by atoms with van der Waals surface area (Å²) in [7, 11) is 0. The van der Waals surface area contributed by atoms with Crippen molar-refractivity contribution in [1.82, 2.24) is 4.37 Å². The molecule has 0 aromatic carbocycles. The van der Waals surface area contributed by atoms with Crippen LogP contribution in [0.3, 0.4) is 0 Å². The molecular weight excluding hydrogens is 226 g/mol. The van der Waals surface area contributed by atoms with Gasteiger partial charge in [0, 0.05) is 15.8 Å². The second-order valence-electron chi connectivity index (χ2n) is 3.42. The van der Waals surface area contributed by atoms with E-state index >= 15 is 0 Å². The normalized spacial score (nSPS) is 10.5. The predicted octanol–water partition coefficient (Wildman–Crippen LogP) is 3.02.